The minimum Gasteiger partial charge on any atom is -0.506 e. The molecule has 2 nitrogen and oxygen atoms in total. The first-order chi connectivity index (χ1) is 14.0. The van der Waals surface area contributed by atoms with Crippen LogP contribution in [-0.4, -0.2) is 10.2 Å². The fraction of sp³-hybridized carbons (Fsp3) is 0.538. The van der Waals surface area contributed by atoms with Crippen LogP contribution in [0.5, 0.6) is 11.5 Å². The van der Waals surface area contributed by atoms with Gasteiger partial charge in [0.2, 0.25) is 0 Å². The summed E-state index contributed by atoms with van der Waals surface area (Å²) in [6.45, 7) is 3.99. The minimum absolute atomic E-state index is 0.356. The van der Waals surface area contributed by atoms with Crippen molar-refractivity contribution < 1.29 is 10.2 Å². The lowest BCUT2D eigenvalue weighted by Crippen LogP contribution is -2.05. The molecule has 2 aliphatic rings. The molecular weight excluding hydrogens is 376 g/mol. The topological polar surface area (TPSA) is 40.5 Å². The maximum absolute atomic E-state index is 10.8. The number of hydrogen-bond acceptors (Lipinski definition) is 3. The van der Waals surface area contributed by atoms with Gasteiger partial charge in [0.05, 0.1) is 9.79 Å². The molecule has 0 spiro atoms. The molecule has 2 aliphatic carbocycles. The molecule has 0 unspecified atom stereocenters. The second-order valence-corrected chi connectivity index (χ2v) is 10.2. The lowest BCUT2D eigenvalue weighted by Gasteiger charge is -2.24. The molecule has 0 bridgehead atoms. The van der Waals surface area contributed by atoms with Crippen LogP contribution in [0.15, 0.2) is 34.1 Å². The Morgan fingerprint density at radius 1 is 0.621 bits per heavy atom. The molecular formula is C26H34O2S. The normalized spacial score (nSPS) is 18.8. The van der Waals surface area contributed by atoms with Gasteiger partial charge in [0.25, 0.3) is 0 Å². The van der Waals surface area contributed by atoms with E-state index in [4.69, 9.17) is 0 Å². The van der Waals surface area contributed by atoms with Crippen molar-refractivity contribution in [3.63, 3.8) is 0 Å². The largest absolute Gasteiger partial charge is 0.506 e. The summed E-state index contributed by atoms with van der Waals surface area (Å²) in [6.07, 6.45) is 12.9. The highest BCUT2D eigenvalue weighted by Crippen LogP contribution is 2.46. The first kappa shape index (κ1) is 20.7. The summed E-state index contributed by atoms with van der Waals surface area (Å²) >= 11 is 1.53. The Balaban J connectivity index is 1.66. The van der Waals surface area contributed by atoms with Gasteiger partial charge in [-0.15, -0.1) is 0 Å². The van der Waals surface area contributed by atoms with Gasteiger partial charge in [-0.1, -0.05) is 62.4 Å². The standard InChI is InChI=1S/C26H34O2S/c1-17-13-21(19-9-5-3-6-10-19)15-23(25(17)27)29-24-16-22(14-18(2)26(24)28)20-11-7-4-8-12-20/h13-16,19-20,27-28H,3-12H2,1-2H3. The molecule has 29 heavy (non-hydrogen) atoms. The third-order valence-electron chi connectivity index (χ3n) is 6.95. The fourth-order valence-electron chi connectivity index (χ4n) is 5.17. The van der Waals surface area contributed by atoms with E-state index in [1.54, 1.807) is 0 Å². The molecule has 0 aliphatic heterocycles. The molecule has 2 fully saturated rings. The lowest BCUT2D eigenvalue weighted by atomic mass is 9.83. The molecule has 4 rings (SSSR count). The molecule has 2 aromatic rings. The van der Waals surface area contributed by atoms with Crippen molar-refractivity contribution >= 4 is 11.8 Å². The zero-order valence-electron chi connectivity index (χ0n) is 17.8. The Labute approximate surface area is 179 Å². The third kappa shape index (κ3) is 4.60. The van der Waals surface area contributed by atoms with E-state index in [2.05, 4.69) is 24.3 Å². The zero-order valence-corrected chi connectivity index (χ0v) is 18.7. The second-order valence-electron chi connectivity index (χ2n) is 9.14. The van der Waals surface area contributed by atoms with Crippen LogP contribution in [0.2, 0.25) is 0 Å². The number of hydrogen-bond donors (Lipinski definition) is 2. The predicted octanol–water partition coefficient (Wildman–Crippen LogP) is 7.96. The molecule has 2 N–H and O–H groups in total. The summed E-state index contributed by atoms with van der Waals surface area (Å²) in [5, 5.41) is 21.5. The summed E-state index contributed by atoms with van der Waals surface area (Å²) < 4.78 is 0. The van der Waals surface area contributed by atoms with Crippen molar-refractivity contribution in [1.82, 2.24) is 0 Å². The maximum Gasteiger partial charge on any atom is 0.132 e. The number of aryl methyl sites for hydroxylation is 2. The highest BCUT2D eigenvalue weighted by molar-refractivity contribution is 7.99. The summed E-state index contributed by atoms with van der Waals surface area (Å²) in [6, 6.07) is 8.67. The Morgan fingerprint density at radius 3 is 1.38 bits per heavy atom. The molecule has 2 saturated carbocycles. The summed E-state index contributed by atoms with van der Waals surface area (Å²) in [5.41, 5.74) is 4.58. The monoisotopic (exact) mass is 410 g/mol. The number of phenols is 2. The average molecular weight is 411 g/mol. The van der Waals surface area contributed by atoms with E-state index < -0.39 is 0 Å². The quantitative estimate of drug-likeness (QED) is 0.537. The van der Waals surface area contributed by atoms with Gasteiger partial charge in [0.15, 0.2) is 0 Å². The number of aromatic hydroxyl groups is 2. The van der Waals surface area contributed by atoms with Crippen molar-refractivity contribution in [2.24, 2.45) is 0 Å². The van der Waals surface area contributed by atoms with Gasteiger partial charge in [0.1, 0.15) is 11.5 Å². The van der Waals surface area contributed by atoms with E-state index >= 15 is 0 Å². The van der Waals surface area contributed by atoms with Crippen molar-refractivity contribution in [2.45, 2.75) is 99.7 Å². The summed E-state index contributed by atoms with van der Waals surface area (Å²) in [7, 11) is 0. The summed E-state index contributed by atoms with van der Waals surface area (Å²) in [5.74, 6) is 1.92. The first-order valence-electron chi connectivity index (χ1n) is 11.4. The van der Waals surface area contributed by atoms with Crippen LogP contribution in [0, 0.1) is 13.8 Å². The van der Waals surface area contributed by atoms with E-state index in [1.807, 2.05) is 13.8 Å². The van der Waals surface area contributed by atoms with Crippen LogP contribution >= 0.6 is 11.8 Å². The molecule has 0 heterocycles. The first-order valence-corrected chi connectivity index (χ1v) is 12.2. The van der Waals surface area contributed by atoms with Crippen LogP contribution in [0.25, 0.3) is 0 Å². The number of rotatable bonds is 4. The van der Waals surface area contributed by atoms with Gasteiger partial charge < -0.3 is 10.2 Å². The van der Waals surface area contributed by atoms with Gasteiger partial charge in [-0.25, -0.2) is 0 Å². The third-order valence-corrected chi connectivity index (χ3v) is 8.01. The van der Waals surface area contributed by atoms with Gasteiger partial charge >= 0.3 is 0 Å². The average Bonchev–Trinajstić information content (AvgIpc) is 2.75. The summed E-state index contributed by atoms with van der Waals surface area (Å²) in [4.78, 5) is 1.75. The van der Waals surface area contributed by atoms with Crippen molar-refractivity contribution in [1.29, 1.82) is 0 Å². The van der Waals surface area contributed by atoms with E-state index in [1.165, 1.54) is 87.1 Å². The molecule has 156 valence electrons. The zero-order chi connectivity index (χ0) is 20.4. The lowest BCUT2D eigenvalue weighted by molar-refractivity contribution is 0.436. The van der Waals surface area contributed by atoms with Gasteiger partial charge in [-0.05, 0) is 85.8 Å². The number of phenolic OH excluding ortho intramolecular Hbond substituents is 2. The van der Waals surface area contributed by atoms with Crippen LogP contribution in [-0.2, 0) is 0 Å². The molecule has 0 aromatic heterocycles. The van der Waals surface area contributed by atoms with Gasteiger partial charge in [-0.3, -0.25) is 0 Å². The SMILES string of the molecule is Cc1cc(C2CCCCC2)cc(Sc2cc(C3CCCCC3)cc(C)c2O)c1O. The second kappa shape index (κ2) is 9.04. The van der Waals surface area contributed by atoms with Crippen molar-refractivity contribution in [2.75, 3.05) is 0 Å². The smallest absolute Gasteiger partial charge is 0.132 e. The molecule has 0 atom stereocenters. The molecule has 3 heteroatoms. The van der Waals surface area contributed by atoms with E-state index in [-0.39, 0.29) is 0 Å². The van der Waals surface area contributed by atoms with Crippen LogP contribution in [0.3, 0.4) is 0 Å². The van der Waals surface area contributed by atoms with E-state index in [0.29, 0.717) is 23.3 Å². The Bertz CT molecular complexity index is 790. The van der Waals surface area contributed by atoms with Crippen molar-refractivity contribution in [3.05, 3.63) is 46.5 Å². The van der Waals surface area contributed by atoms with Crippen LogP contribution in [0.4, 0.5) is 0 Å². The van der Waals surface area contributed by atoms with Crippen LogP contribution < -0.4 is 0 Å². The van der Waals surface area contributed by atoms with E-state index in [9.17, 15) is 10.2 Å². The van der Waals surface area contributed by atoms with Crippen LogP contribution in [0.1, 0.15) is 98.3 Å². The predicted molar refractivity (Wildman–Crippen MR) is 121 cm³/mol. The maximum atomic E-state index is 10.8. The fourth-order valence-corrected chi connectivity index (χ4v) is 6.31. The van der Waals surface area contributed by atoms with Crippen molar-refractivity contribution in [3.8, 4) is 11.5 Å². The molecule has 0 radical (unpaired) electrons. The highest BCUT2D eigenvalue weighted by Gasteiger charge is 2.21. The Morgan fingerprint density at radius 2 is 1.00 bits per heavy atom. The van der Waals surface area contributed by atoms with Gasteiger partial charge in [-0.2, -0.15) is 0 Å². The molecule has 2 aromatic carbocycles. The number of benzene rings is 2. The Kier molecular flexibility index (Phi) is 6.44. The highest BCUT2D eigenvalue weighted by atomic mass is 32.2. The minimum atomic E-state index is 0.356. The van der Waals surface area contributed by atoms with Gasteiger partial charge in [0, 0.05) is 0 Å². The Hall–Kier alpha value is -1.61. The molecule has 0 saturated heterocycles. The van der Waals surface area contributed by atoms with E-state index in [0.717, 1.165) is 20.9 Å². The molecule has 0 amide bonds.